The van der Waals surface area contributed by atoms with Gasteiger partial charge in [-0.3, -0.25) is 4.79 Å². The van der Waals surface area contributed by atoms with Gasteiger partial charge >= 0.3 is 0 Å². The lowest BCUT2D eigenvalue weighted by Crippen LogP contribution is -2.25. The normalized spacial score (nSPS) is 16.7. The van der Waals surface area contributed by atoms with Crippen LogP contribution in [0.5, 0.6) is 5.75 Å². The van der Waals surface area contributed by atoms with Crippen molar-refractivity contribution in [1.82, 2.24) is 5.43 Å². The second kappa shape index (κ2) is 9.61. The molecule has 0 aromatic heterocycles. The fourth-order valence-corrected chi connectivity index (χ4v) is 4.14. The highest BCUT2D eigenvalue weighted by molar-refractivity contribution is 5.88. The molecule has 1 amide bonds. The number of amides is 1. The van der Waals surface area contributed by atoms with Gasteiger partial charge in [0.25, 0.3) is 0 Å². The monoisotopic (exact) mass is 412 g/mol. The summed E-state index contributed by atoms with van der Waals surface area (Å²) in [4.78, 5) is 13.0. The number of hydrogen-bond acceptors (Lipinski definition) is 3. The Labute approximate surface area is 184 Å². The summed E-state index contributed by atoms with van der Waals surface area (Å²) in [5, 5.41) is 4.24. The average molecular weight is 413 g/mol. The molecule has 4 rings (SSSR count). The Hall–Kier alpha value is -3.40. The Balaban J connectivity index is 1.47. The van der Waals surface area contributed by atoms with Crippen molar-refractivity contribution < 1.29 is 9.53 Å². The number of ether oxygens (including phenoxy) is 1. The Kier molecular flexibility index (Phi) is 6.46. The number of hydrazone groups is 1. The van der Waals surface area contributed by atoms with Crippen molar-refractivity contribution in [2.45, 2.75) is 31.6 Å². The number of benzene rings is 3. The zero-order chi connectivity index (χ0) is 21.5. The summed E-state index contributed by atoms with van der Waals surface area (Å²) in [5.41, 5.74) is 5.66. The van der Waals surface area contributed by atoms with Crippen LogP contribution in [0.4, 0.5) is 0 Å². The molecule has 31 heavy (non-hydrogen) atoms. The van der Waals surface area contributed by atoms with Crippen molar-refractivity contribution in [3.8, 4) is 5.75 Å². The van der Waals surface area contributed by atoms with E-state index in [4.69, 9.17) is 4.74 Å². The molecule has 4 heteroatoms. The third-order valence-corrected chi connectivity index (χ3v) is 5.91. The van der Waals surface area contributed by atoms with Gasteiger partial charge < -0.3 is 4.74 Å². The summed E-state index contributed by atoms with van der Waals surface area (Å²) in [6, 6.07) is 28.3. The predicted octanol–water partition coefficient (Wildman–Crippen LogP) is 5.32. The lowest BCUT2D eigenvalue weighted by atomic mass is 9.85. The lowest BCUT2D eigenvalue weighted by molar-refractivity contribution is -0.122. The van der Waals surface area contributed by atoms with Crippen LogP contribution in [0.15, 0.2) is 90.0 Å². The molecule has 0 unspecified atom stereocenters. The molecule has 1 aliphatic rings. The summed E-state index contributed by atoms with van der Waals surface area (Å²) in [5.74, 6) is 0.571. The number of para-hydroxylation sites is 1. The summed E-state index contributed by atoms with van der Waals surface area (Å²) >= 11 is 0. The molecule has 158 valence electrons. The SMILES string of the molecule is CCCCOc1ccccc1/C=N\NC(=O)[C@@H]1CC1(c1ccccc1)c1ccccc1. The number of nitrogens with one attached hydrogen (secondary N) is 1. The number of nitrogens with zero attached hydrogens (tertiary/aromatic N) is 1. The van der Waals surface area contributed by atoms with Gasteiger partial charge in [-0.05, 0) is 36.1 Å². The Morgan fingerprint density at radius 2 is 1.61 bits per heavy atom. The molecule has 0 saturated heterocycles. The molecule has 1 aliphatic carbocycles. The van der Waals surface area contributed by atoms with Crippen molar-refractivity contribution >= 4 is 12.1 Å². The summed E-state index contributed by atoms with van der Waals surface area (Å²) < 4.78 is 5.84. The molecule has 1 N–H and O–H groups in total. The molecule has 3 aromatic carbocycles. The van der Waals surface area contributed by atoms with E-state index in [-0.39, 0.29) is 17.2 Å². The van der Waals surface area contributed by atoms with Gasteiger partial charge in [0.15, 0.2) is 0 Å². The number of rotatable bonds is 9. The van der Waals surface area contributed by atoms with Crippen molar-refractivity contribution in [3.05, 3.63) is 102 Å². The van der Waals surface area contributed by atoms with E-state index in [0.29, 0.717) is 6.61 Å². The van der Waals surface area contributed by atoms with Crippen LogP contribution in [0.3, 0.4) is 0 Å². The Morgan fingerprint density at radius 1 is 1.00 bits per heavy atom. The van der Waals surface area contributed by atoms with E-state index in [1.807, 2.05) is 60.7 Å². The topological polar surface area (TPSA) is 50.7 Å². The maximum absolute atomic E-state index is 13.0. The first kappa shape index (κ1) is 20.9. The zero-order valence-electron chi connectivity index (χ0n) is 17.8. The number of carbonyl (C=O) groups excluding carboxylic acids is 1. The number of carbonyl (C=O) groups is 1. The number of unbranched alkanes of at least 4 members (excludes halogenated alkanes) is 1. The van der Waals surface area contributed by atoms with E-state index in [9.17, 15) is 4.79 Å². The highest BCUT2D eigenvalue weighted by Gasteiger charge is 2.60. The van der Waals surface area contributed by atoms with Crippen LogP contribution < -0.4 is 10.2 Å². The van der Waals surface area contributed by atoms with Crippen LogP contribution in [-0.2, 0) is 10.2 Å². The van der Waals surface area contributed by atoms with Gasteiger partial charge in [0.2, 0.25) is 5.91 Å². The van der Waals surface area contributed by atoms with Crippen molar-refractivity contribution in [2.24, 2.45) is 11.0 Å². The molecule has 0 aliphatic heterocycles. The maximum atomic E-state index is 13.0. The fourth-order valence-electron chi connectivity index (χ4n) is 4.14. The fraction of sp³-hybridized carbons (Fsp3) is 0.259. The largest absolute Gasteiger partial charge is 0.493 e. The zero-order valence-corrected chi connectivity index (χ0v) is 17.8. The lowest BCUT2D eigenvalue weighted by Gasteiger charge is -2.18. The molecule has 1 saturated carbocycles. The van der Waals surface area contributed by atoms with Gasteiger partial charge in [-0.15, -0.1) is 0 Å². The minimum atomic E-state index is -0.288. The Bertz CT molecular complexity index is 992. The number of hydrogen-bond donors (Lipinski definition) is 1. The standard InChI is InChI=1S/C27H28N2O2/c1-2-3-18-31-25-17-11-10-12-21(25)20-28-29-26(30)24-19-27(24,22-13-6-4-7-14-22)23-15-8-5-9-16-23/h4-17,20,24H,2-3,18-19H2,1H3,(H,29,30)/b28-20-/t24-/m0/s1. The van der Waals surface area contributed by atoms with Crippen molar-refractivity contribution in [3.63, 3.8) is 0 Å². The molecular formula is C27H28N2O2. The van der Waals surface area contributed by atoms with Gasteiger partial charge in [0, 0.05) is 11.0 Å². The van der Waals surface area contributed by atoms with E-state index in [2.05, 4.69) is 41.7 Å². The van der Waals surface area contributed by atoms with Crippen molar-refractivity contribution in [2.75, 3.05) is 6.61 Å². The summed E-state index contributed by atoms with van der Waals surface area (Å²) in [6.07, 6.45) is 4.52. The molecule has 0 radical (unpaired) electrons. The first-order valence-corrected chi connectivity index (χ1v) is 10.9. The summed E-state index contributed by atoms with van der Waals surface area (Å²) in [6.45, 7) is 2.81. The molecule has 4 nitrogen and oxygen atoms in total. The van der Waals surface area contributed by atoms with E-state index in [0.717, 1.165) is 30.6 Å². The molecule has 3 aromatic rings. The predicted molar refractivity (Wildman–Crippen MR) is 124 cm³/mol. The van der Waals surface area contributed by atoms with Crippen LogP contribution in [0.1, 0.15) is 42.9 Å². The quantitative estimate of drug-likeness (QED) is 0.294. The van der Waals surface area contributed by atoms with E-state index < -0.39 is 0 Å². The first-order valence-electron chi connectivity index (χ1n) is 10.9. The van der Waals surface area contributed by atoms with E-state index >= 15 is 0 Å². The second-order valence-corrected chi connectivity index (χ2v) is 7.93. The minimum absolute atomic E-state index is 0.0617. The van der Waals surface area contributed by atoms with Gasteiger partial charge in [-0.25, -0.2) is 5.43 Å². The molecule has 0 bridgehead atoms. The third-order valence-electron chi connectivity index (χ3n) is 5.91. The van der Waals surface area contributed by atoms with Crippen LogP contribution in [0, 0.1) is 5.92 Å². The molecule has 0 spiro atoms. The van der Waals surface area contributed by atoms with Gasteiger partial charge in [-0.1, -0.05) is 86.1 Å². The smallest absolute Gasteiger partial charge is 0.244 e. The second-order valence-electron chi connectivity index (χ2n) is 7.93. The first-order chi connectivity index (χ1) is 15.3. The van der Waals surface area contributed by atoms with Crippen LogP contribution in [-0.4, -0.2) is 18.7 Å². The van der Waals surface area contributed by atoms with Crippen LogP contribution in [0.25, 0.3) is 0 Å². The highest BCUT2D eigenvalue weighted by atomic mass is 16.5. The minimum Gasteiger partial charge on any atom is -0.493 e. The maximum Gasteiger partial charge on any atom is 0.244 e. The Morgan fingerprint density at radius 3 is 2.26 bits per heavy atom. The van der Waals surface area contributed by atoms with E-state index in [1.165, 1.54) is 11.1 Å². The highest BCUT2D eigenvalue weighted by Crippen LogP contribution is 2.58. The molecule has 1 atom stereocenters. The van der Waals surface area contributed by atoms with Gasteiger partial charge in [0.05, 0.1) is 18.7 Å². The molecule has 1 fully saturated rings. The average Bonchev–Trinajstić information content (AvgIpc) is 3.59. The third kappa shape index (κ3) is 4.53. The van der Waals surface area contributed by atoms with Crippen LogP contribution >= 0.6 is 0 Å². The van der Waals surface area contributed by atoms with Crippen molar-refractivity contribution in [1.29, 1.82) is 0 Å². The van der Waals surface area contributed by atoms with Gasteiger partial charge in [0.1, 0.15) is 5.75 Å². The van der Waals surface area contributed by atoms with Crippen LogP contribution in [0.2, 0.25) is 0 Å². The molecule has 0 heterocycles. The van der Waals surface area contributed by atoms with E-state index in [1.54, 1.807) is 6.21 Å². The summed E-state index contributed by atoms with van der Waals surface area (Å²) in [7, 11) is 0. The van der Waals surface area contributed by atoms with Gasteiger partial charge in [-0.2, -0.15) is 5.10 Å². The molecular weight excluding hydrogens is 384 g/mol.